The van der Waals surface area contributed by atoms with E-state index in [1.807, 2.05) is 13.8 Å². The molecule has 6 nitrogen and oxygen atoms in total. The second-order valence-electron chi connectivity index (χ2n) is 5.79. The van der Waals surface area contributed by atoms with Crippen LogP contribution in [0.3, 0.4) is 0 Å². The molecule has 3 rings (SSSR count). The standard InChI is InChI=1S/C12H18O6/c1-11(2)14-5-6(16-11)7-8-9(10(13)15-7)18-12(3,4)17-8/h6-9H,5H2,1-4H3/t6?,7-,8?,9-/m1/s1. The van der Waals surface area contributed by atoms with Crippen molar-refractivity contribution < 1.29 is 28.5 Å². The van der Waals surface area contributed by atoms with E-state index in [9.17, 15) is 4.79 Å². The number of cyclic esters (lactones) is 1. The minimum atomic E-state index is -0.762. The summed E-state index contributed by atoms with van der Waals surface area (Å²) in [6, 6.07) is 0. The molecule has 0 aromatic carbocycles. The SMILES string of the molecule is CC1(C)OCC([C@H]2OC(=O)[C@@H]3OC(C)(C)OC23)O1. The van der Waals surface area contributed by atoms with Crippen molar-refractivity contribution in [2.24, 2.45) is 0 Å². The van der Waals surface area contributed by atoms with Gasteiger partial charge in [-0.25, -0.2) is 4.79 Å². The lowest BCUT2D eigenvalue weighted by molar-refractivity contribution is -0.200. The molecule has 18 heavy (non-hydrogen) atoms. The first-order valence-corrected chi connectivity index (χ1v) is 6.15. The normalized spacial score (nSPS) is 45.0. The number of rotatable bonds is 1. The van der Waals surface area contributed by atoms with Gasteiger partial charge in [-0.05, 0) is 27.7 Å². The number of esters is 1. The molecule has 6 heteroatoms. The third-order valence-corrected chi connectivity index (χ3v) is 3.33. The summed E-state index contributed by atoms with van der Waals surface area (Å²) in [5.74, 6) is -1.80. The van der Waals surface area contributed by atoms with Crippen LogP contribution in [0.15, 0.2) is 0 Å². The zero-order valence-corrected chi connectivity index (χ0v) is 11.0. The van der Waals surface area contributed by atoms with Crippen LogP contribution in [0, 0.1) is 0 Å². The first-order chi connectivity index (χ1) is 8.27. The van der Waals surface area contributed by atoms with E-state index in [1.54, 1.807) is 13.8 Å². The van der Waals surface area contributed by atoms with Gasteiger partial charge in [-0.1, -0.05) is 0 Å². The largest absolute Gasteiger partial charge is 0.455 e. The maximum absolute atomic E-state index is 11.7. The summed E-state index contributed by atoms with van der Waals surface area (Å²) >= 11 is 0. The molecular weight excluding hydrogens is 240 g/mol. The average molecular weight is 258 g/mol. The number of fused-ring (bicyclic) bond motifs is 1. The molecule has 0 aromatic heterocycles. The summed E-state index contributed by atoms with van der Waals surface area (Å²) in [4.78, 5) is 11.7. The molecular formula is C12H18O6. The highest BCUT2D eigenvalue weighted by Crippen LogP contribution is 2.39. The summed E-state index contributed by atoms with van der Waals surface area (Å²) in [7, 11) is 0. The summed E-state index contributed by atoms with van der Waals surface area (Å²) < 4.78 is 27.8. The first kappa shape index (κ1) is 12.3. The lowest BCUT2D eigenvalue weighted by atomic mass is 10.1. The van der Waals surface area contributed by atoms with Crippen molar-refractivity contribution in [3.05, 3.63) is 0 Å². The lowest BCUT2D eigenvalue weighted by Gasteiger charge is -2.25. The van der Waals surface area contributed by atoms with Gasteiger partial charge < -0.3 is 23.7 Å². The van der Waals surface area contributed by atoms with Gasteiger partial charge in [0, 0.05) is 0 Å². The van der Waals surface area contributed by atoms with Gasteiger partial charge in [0.15, 0.2) is 23.8 Å². The van der Waals surface area contributed by atoms with Crippen LogP contribution in [0.25, 0.3) is 0 Å². The van der Waals surface area contributed by atoms with Gasteiger partial charge in [-0.15, -0.1) is 0 Å². The second-order valence-corrected chi connectivity index (χ2v) is 5.79. The highest BCUT2D eigenvalue weighted by atomic mass is 16.8. The molecule has 2 unspecified atom stereocenters. The molecule has 3 saturated heterocycles. The molecule has 0 spiro atoms. The molecule has 0 saturated carbocycles. The molecule has 0 amide bonds. The van der Waals surface area contributed by atoms with E-state index in [4.69, 9.17) is 23.7 Å². The van der Waals surface area contributed by atoms with Crippen LogP contribution in [-0.2, 0) is 28.5 Å². The van der Waals surface area contributed by atoms with E-state index in [-0.39, 0.29) is 12.1 Å². The summed E-state index contributed by atoms with van der Waals surface area (Å²) in [5, 5.41) is 0. The molecule has 3 aliphatic rings. The predicted molar refractivity (Wildman–Crippen MR) is 58.6 cm³/mol. The van der Waals surface area contributed by atoms with Crippen molar-refractivity contribution in [2.75, 3.05) is 6.61 Å². The van der Waals surface area contributed by atoms with E-state index < -0.39 is 29.9 Å². The van der Waals surface area contributed by atoms with E-state index in [0.717, 1.165) is 0 Å². The van der Waals surface area contributed by atoms with E-state index >= 15 is 0 Å². The third-order valence-electron chi connectivity index (χ3n) is 3.33. The van der Waals surface area contributed by atoms with Gasteiger partial charge >= 0.3 is 5.97 Å². The van der Waals surface area contributed by atoms with E-state index in [2.05, 4.69) is 0 Å². The van der Waals surface area contributed by atoms with Crippen molar-refractivity contribution >= 4 is 5.97 Å². The smallest absolute Gasteiger partial charge is 0.338 e. The number of hydrogen-bond acceptors (Lipinski definition) is 6. The third kappa shape index (κ3) is 1.93. The Hall–Kier alpha value is -0.690. The Kier molecular flexibility index (Phi) is 2.51. The molecule has 102 valence electrons. The molecule has 0 radical (unpaired) electrons. The van der Waals surface area contributed by atoms with Crippen LogP contribution in [0.2, 0.25) is 0 Å². The van der Waals surface area contributed by atoms with Crippen molar-refractivity contribution in [3.8, 4) is 0 Å². The Morgan fingerprint density at radius 3 is 2.33 bits per heavy atom. The van der Waals surface area contributed by atoms with Crippen LogP contribution in [0.1, 0.15) is 27.7 Å². The van der Waals surface area contributed by atoms with Gasteiger partial charge in [-0.2, -0.15) is 0 Å². The Morgan fingerprint density at radius 1 is 1.00 bits per heavy atom. The van der Waals surface area contributed by atoms with Crippen LogP contribution >= 0.6 is 0 Å². The number of ether oxygens (including phenoxy) is 5. The van der Waals surface area contributed by atoms with Gasteiger partial charge in [-0.3, -0.25) is 0 Å². The van der Waals surface area contributed by atoms with E-state index in [0.29, 0.717) is 6.61 Å². The highest BCUT2D eigenvalue weighted by molar-refractivity contribution is 5.78. The number of hydrogen-bond donors (Lipinski definition) is 0. The quantitative estimate of drug-likeness (QED) is 0.641. The zero-order chi connectivity index (χ0) is 13.1. The predicted octanol–water partition coefficient (Wildman–Crippen LogP) is 0.583. The Morgan fingerprint density at radius 2 is 1.72 bits per heavy atom. The highest BCUT2D eigenvalue weighted by Gasteiger charge is 2.59. The summed E-state index contributed by atoms with van der Waals surface area (Å²) in [6.07, 6.45) is -1.85. The van der Waals surface area contributed by atoms with Gasteiger partial charge in [0.1, 0.15) is 12.2 Å². The Labute approximate surface area is 105 Å². The first-order valence-electron chi connectivity index (χ1n) is 6.15. The van der Waals surface area contributed by atoms with Gasteiger partial charge in [0.25, 0.3) is 0 Å². The maximum atomic E-state index is 11.7. The molecule has 4 atom stereocenters. The van der Waals surface area contributed by atoms with Crippen LogP contribution in [0.5, 0.6) is 0 Å². The van der Waals surface area contributed by atoms with Crippen molar-refractivity contribution in [1.82, 2.24) is 0 Å². The second kappa shape index (κ2) is 3.66. The fourth-order valence-corrected chi connectivity index (χ4v) is 2.64. The van der Waals surface area contributed by atoms with Crippen LogP contribution < -0.4 is 0 Å². The molecule has 3 heterocycles. The molecule has 0 aromatic rings. The van der Waals surface area contributed by atoms with Crippen LogP contribution in [-0.4, -0.2) is 48.6 Å². The minimum absolute atomic E-state index is 0.309. The molecule has 0 bridgehead atoms. The molecule has 3 aliphatic heterocycles. The topological polar surface area (TPSA) is 63.2 Å². The molecule has 0 N–H and O–H groups in total. The lowest BCUT2D eigenvalue weighted by Crippen LogP contribution is -2.40. The Balaban J connectivity index is 1.77. The summed E-state index contributed by atoms with van der Waals surface area (Å²) in [5.41, 5.74) is 0. The number of carbonyl (C=O) groups excluding carboxylic acids is 1. The maximum Gasteiger partial charge on any atom is 0.338 e. The van der Waals surface area contributed by atoms with Crippen molar-refractivity contribution in [2.45, 2.75) is 63.7 Å². The monoisotopic (exact) mass is 258 g/mol. The van der Waals surface area contributed by atoms with Crippen molar-refractivity contribution in [1.29, 1.82) is 0 Å². The fourth-order valence-electron chi connectivity index (χ4n) is 2.64. The summed E-state index contributed by atoms with van der Waals surface area (Å²) in [6.45, 7) is 7.61. The van der Waals surface area contributed by atoms with Gasteiger partial charge in [0.2, 0.25) is 0 Å². The number of carbonyl (C=O) groups is 1. The molecule has 3 fully saturated rings. The Bertz CT molecular complexity index is 377. The van der Waals surface area contributed by atoms with Crippen LogP contribution in [0.4, 0.5) is 0 Å². The van der Waals surface area contributed by atoms with Crippen molar-refractivity contribution in [3.63, 3.8) is 0 Å². The molecule has 0 aliphatic carbocycles. The average Bonchev–Trinajstić information content (AvgIpc) is 2.81. The zero-order valence-electron chi connectivity index (χ0n) is 11.0. The van der Waals surface area contributed by atoms with Gasteiger partial charge in [0.05, 0.1) is 6.61 Å². The minimum Gasteiger partial charge on any atom is -0.455 e. The van der Waals surface area contributed by atoms with E-state index in [1.165, 1.54) is 0 Å². The fraction of sp³-hybridized carbons (Fsp3) is 0.917.